The predicted octanol–water partition coefficient (Wildman–Crippen LogP) is 2.97. The zero-order valence-corrected chi connectivity index (χ0v) is 7.60. The molecule has 0 fully saturated rings. The van der Waals surface area contributed by atoms with E-state index in [0.29, 0.717) is 12.3 Å². The Morgan fingerprint density at radius 1 is 1.46 bits per heavy atom. The Kier molecular flexibility index (Phi) is 2.78. The molecule has 0 aromatic rings. The lowest BCUT2D eigenvalue weighted by molar-refractivity contribution is -0.0861. The molecule has 1 aliphatic heterocycles. The van der Waals surface area contributed by atoms with E-state index in [4.69, 9.17) is 0 Å². The van der Waals surface area contributed by atoms with Crippen molar-refractivity contribution in [3.05, 3.63) is 11.6 Å². The minimum atomic E-state index is -4.24. The molecule has 0 aromatic carbocycles. The molecule has 0 saturated carbocycles. The maximum Gasteiger partial charge on any atom is 0.417 e. The molecule has 1 heterocycles. The van der Waals surface area contributed by atoms with Crippen molar-refractivity contribution in [1.82, 2.24) is 0 Å². The second-order valence-electron chi connectivity index (χ2n) is 3.48. The SMILES string of the molecule is CC(C)C1CC=C(C(F)(F)F)C=N1. The van der Waals surface area contributed by atoms with Crippen LogP contribution in [0.1, 0.15) is 20.3 Å². The van der Waals surface area contributed by atoms with Crippen molar-refractivity contribution in [1.29, 1.82) is 0 Å². The van der Waals surface area contributed by atoms with Gasteiger partial charge in [0.05, 0.1) is 11.6 Å². The summed E-state index contributed by atoms with van der Waals surface area (Å²) in [5.41, 5.74) is -0.621. The number of allylic oxidation sites excluding steroid dienone is 1. The van der Waals surface area contributed by atoms with Crippen molar-refractivity contribution >= 4 is 6.21 Å². The van der Waals surface area contributed by atoms with Crippen LogP contribution in [-0.4, -0.2) is 18.4 Å². The van der Waals surface area contributed by atoms with Crippen molar-refractivity contribution in [2.75, 3.05) is 0 Å². The summed E-state index contributed by atoms with van der Waals surface area (Å²) in [6.07, 6.45) is -1.69. The van der Waals surface area contributed by atoms with E-state index in [-0.39, 0.29) is 6.04 Å². The van der Waals surface area contributed by atoms with Crippen molar-refractivity contribution in [2.45, 2.75) is 32.5 Å². The van der Waals surface area contributed by atoms with E-state index in [0.717, 1.165) is 6.21 Å². The molecule has 0 radical (unpaired) electrons. The lowest BCUT2D eigenvalue weighted by atomic mass is 9.98. The van der Waals surface area contributed by atoms with Crippen molar-refractivity contribution < 1.29 is 13.2 Å². The van der Waals surface area contributed by atoms with E-state index in [1.807, 2.05) is 13.8 Å². The third kappa shape index (κ3) is 2.57. The van der Waals surface area contributed by atoms with Gasteiger partial charge in [-0.25, -0.2) is 0 Å². The summed E-state index contributed by atoms with van der Waals surface area (Å²) in [6.45, 7) is 3.91. The lowest BCUT2D eigenvalue weighted by Gasteiger charge is -2.19. The molecule has 74 valence electrons. The predicted molar refractivity (Wildman–Crippen MR) is 45.9 cm³/mol. The number of hydrogen-bond acceptors (Lipinski definition) is 1. The molecule has 4 heteroatoms. The largest absolute Gasteiger partial charge is 0.417 e. The Morgan fingerprint density at radius 3 is 2.38 bits per heavy atom. The molecule has 0 saturated heterocycles. The molecular formula is C9H12F3N. The topological polar surface area (TPSA) is 12.4 Å². The van der Waals surface area contributed by atoms with Crippen LogP contribution in [0.25, 0.3) is 0 Å². The van der Waals surface area contributed by atoms with Gasteiger partial charge in [0.25, 0.3) is 0 Å². The van der Waals surface area contributed by atoms with E-state index < -0.39 is 11.7 Å². The lowest BCUT2D eigenvalue weighted by Crippen LogP contribution is -2.21. The molecular weight excluding hydrogens is 179 g/mol. The Labute approximate surface area is 75.4 Å². The van der Waals surface area contributed by atoms with Gasteiger partial charge in [-0.3, -0.25) is 4.99 Å². The first-order valence-electron chi connectivity index (χ1n) is 4.22. The van der Waals surface area contributed by atoms with Crippen LogP contribution in [0.15, 0.2) is 16.6 Å². The molecule has 1 atom stereocenters. The normalized spacial score (nSPS) is 23.5. The number of dihydropyridines is 1. The van der Waals surface area contributed by atoms with Gasteiger partial charge in [-0.2, -0.15) is 13.2 Å². The third-order valence-electron chi connectivity index (χ3n) is 2.08. The van der Waals surface area contributed by atoms with E-state index in [2.05, 4.69) is 4.99 Å². The molecule has 0 spiro atoms. The summed E-state index contributed by atoms with van der Waals surface area (Å²) in [4.78, 5) is 3.86. The van der Waals surface area contributed by atoms with Crippen LogP contribution in [-0.2, 0) is 0 Å². The third-order valence-corrected chi connectivity index (χ3v) is 2.08. The van der Waals surface area contributed by atoms with E-state index >= 15 is 0 Å². The summed E-state index contributed by atoms with van der Waals surface area (Å²) < 4.78 is 36.3. The fourth-order valence-electron chi connectivity index (χ4n) is 1.17. The van der Waals surface area contributed by atoms with E-state index in [1.165, 1.54) is 6.08 Å². The Morgan fingerprint density at radius 2 is 2.08 bits per heavy atom. The first-order chi connectivity index (χ1) is 5.91. The van der Waals surface area contributed by atoms with Crippen molar-refractivity contribution in [2.24, 2.45) is 10.9 Å². The number of hydrogen-bond donors (Lipinski definition) is 0. The highest BCUT2D eigenvalue weighted by Crippen LogP contribution is 2.28. The zero-order valence-electron chi connectivity index (χ0n) is 7.60. The molecule has 1 aliphatic rings. The summed E-state index contributed by atoms with van der Waals surface area (Å²) in [5.74, 6) is 0.294. The van der Waals surface area contributed by atoms with Crippen LogP contribution in [0.2, 0.25) is 0 Å². The first kappa shape index (κ1) is 10.3. The van der Waals surface area contributed by atoms with Crippen LogP contribution in [0.3, 0.4) is 0 Å². The second-order valence-corrected chi connectivity index (χ2v) is 3.48. The zero-order chi connectivity index (χ0) is 10.1. The van der Waals surface area contributed by atoms with Gasteiger partial charge in [-0.1, -0.05) is 19.9 Å². The monoisotopic (exact) mass is 191 g/mol. The fraction of sp³-hybridized carbons (Fsp3) is 0.667. The van der Waals surface area contributed by atoms with Crippen molar-refractivity contribution in [3.63, 3.8) is 0 Å². The Balaban J connectivity index is 2.66. The second kappa shape index (κ2) is 3.52. The highest BCUT2D eigenvalue weighted by molar-refractivity contribution is 5.81. The molecule has 1 nitrogen and oxygen atoms in total. The van der Waals surface area contributed by atoms with Crippen LogP contribution < -0.4 is 0 Å². The summed E-state index contributed by atoms with van der Waals surface area (Å²) in [5, 5.41) is 0. The molecule has 0 bridgehead atoms. The molecule has 0 aromatic heterocycles. The van der Waals surface area contributed by atoms with Gasteiger partial charge in [0.2, 0.25) is 0 Å². The van der Waals surface area contributed by atoms with Gasteiger partial charge in [0, 0.05) is 6.21 Å². The Hall–Kier alpha value is -0.800. The highest BCUT2D eigenvalue weighted by atomic mass is 19.4. The highest BCUT2D eigenvalue weighted by Gasteiger charge is 2.33. The number of rotatable bonds is 1. The summed E-state index contributed by atoms with van der Waals surface area (Å²) >= 11 is 0. The van der Waals surface area contributed by atoms with E-state index in [1.54, 1.807) is 0 Å². The minimum Gasteiger partial charge on any atom is -0.289 e. The summed E-state index contributed by atoms with van der Waals surface area (Å²) in [7, 11) is 0. The maximum absolute atomic E-state index is 12.1. The number of alkyl halides is 3. The minimum absolute atomic E-state index is 0.00565. The average Bonchev–Trinajstić information content (AvgIpc) is 2.03. The van der Waals surface area contributed by atoms with Crippen LogP contribution >= 0.6 is 0 Å². The maximum atomic E-state index is 12.1. The van der Waals surface area contributed by atoms with Crippen LogP contribution in [0.5, 0.6) is 0 Å². The Bertz CT molecular complexity index is 238. The van der Waals surface area contributed by atoms with Gasteiger partial charge in [0.15, 0.2) is 0 Å². The molecule has 0 amide bonds. The fourth-order valence-corrected chi connectivity index (χ4v) is 1.17. The van der Waals surface area contributed by atoms with Crippen molar-refractivity contribution in [3.8, 4) is 0 Å². The molecule has 13 heavy (non-hydrogen) atoms. The van der Waals surface area contributed by atoms with E-state index in [9.17, 15) is 13.2 Å². The summed E-state index contributed by atoms with van der Waals surface area (Å²) in [6, 6.07) is 0.00565. The van der Waals surface area contributed by atoms with Gasteiger partial charge in [-0.05, 0) is 12.3 Å². The first-order valence-corrected chi connectivity index (χ1v) is 4.22. The number of aliphatic imine (C=N–C) groups is 1. The quantitative estimate of drug-likeness (QED) is 0.604. The number of nitrogens with zero attached hydrogens (tertiary/aromatic N) is 1. The molecule has 0 aliphatic carbocycles. The molecule has 0 N–H and O–H groups in total. The number of halogens is 3. The van der Waals surface area contributed by atoms with Crippen LogP contribution in [0, 0.1) is 5.92 Å². The standard InChI is InChI=1S/C9H12F3N/c1-6(2)8-4-3-7(5-13-8)9(10,11)12/h3,5-6,8H,4H2,1-2H3. The van der Waals surface area contributed by atoms with Gasteiger partial charge >= 0.3 is 6.18 Å². The smallest absolute Gasteiger partial charge is 0.289 e. The van der Waals surface area contributed by atoms with Gasteiger partial charge < -0.3 is 0 Å². The van der Waals surface area contributed by atoms with Gasteiger partial charge in [0.1, 0.15) is 0 Å². The molecule has 1 rings (SSSR count). The average molecular weight is 191 g/mol. The van der Waals surface area contributed by atoms with Gasteiger partial charge in [-0.15, -0.1) is 0 Å². The molecule has 1 unspecified atom stereocenters. The van der Waals surface area contributed by atoms with Crippen LogP contribution in [0.4, 0.5) is 13.2 Å².